The molecule has 1 aromatic carbocycles. The maximum atomic E-state index is 12.3. The predicted octanol–water partition coefficient (Wildman–Crippen LogP) is 3.37. The molecule has 2 rings (SSSR count). The van der Waals surface area contributed by atoms with E-state index in [1.54, 1.807) is 11.0 Å². The molecular formula is C15H15BrN2O. The number of hydrogen-bond acceptors (Lipinski definition) is 2. The molecule has 3 nitrogen and oxygen atoms in total. The number of carbonyl (C=O) groups is 1. The Balaban J connectivity index is 2.22. The molecule has 0 radical (unpaired) electrons. The number of halogens is 1. The van der Waals surface area contributed by atoms with Crippen LogP contribution in [0.25, 0.3) is 6.08 Å². The fraction of sp³-hybridized carbons (Fsp3) is 0.333. The van der Waals surface area contributed by atoms with Crippen molar-refractivity contribution in [2.75, 3.05) is 13.1 Å². The topological polar surface area (TPSA) is 44.1 Å². The number of piperidine rings is 1. The molecular weight excluding hydrogens is 304 g/mol. The van der Waals surface area contributed by atoms with Crippen molar-refractivity contribution >= 4 is 27.9 Å². The van der Waals surface area contributed by atoms with Gasteiger partial charge in [-0.2, -0.15) is 5.26 Å². The Bertz CT molecular complexity index is 539. The molecule has 0 aliphatic carbocycles. The van der Waals surface area contributed by atoms with Crippen LogP contribution in [0.2, 0.25) is 0 Å². The Hall–Kier alpha value is -1.60. The molecule has 1 amide bonds. The summed E-state index contributed by atoms with van der Waals surface area (Å²) < 4.78 is 0.884. The maximum absolute atomic E-state index is 12.3. The summed E-state index contributed by atoms with van der Waals surface area (Å²) in [5.41, 5.74) is 1.05. The molecule has 0 unspecified atom stereocenters. The van der Waals surface area contributed by atoms with Crippen LogP contribution in [0.15, 0.2) is 34.3 Å². The summed E-state index contributed by atoms with van der Waals surface area (Å²) in [6.07, 6.45) is 4.87. The Morgan fingerprint density at radius 1 is 1.26 bits per heavy atom. The monoisotopic (exact) mass is 318 g/mol. The van der Waals surface area contributed by atoms with Crippen LogP contribution in [-0.2, 0) is 4.79 Å². The highest BCUT2D eigenvalue weighted by atomic mass is 79.9. The lowest BCUT2D eigenvalue weighted by Crippen LogP contribution is -2.36. The van der Waals surface area contributed by atoms with E-state index in [1.807, 2.05) is 30.3 Å². The van der Waals surface area contributed by atoms with Crippen LogP contribution in [-0.4, -0.2) is 23.9 Å². The first kappa shape index (κ1) is 13.8. The summed E-state index contributed by atoms with van der Waals surface area (Å²) in [4.78, 5) is 14.0. The van der Waals surface area contributed by atoms with E-state index in [-0.39, 0.29) is 11.5 Å². The molecule has 0 spiro atoms. The summed E-state index contributed by atoms with van der Waals surface area (Å²) >= 11 is 3.42. The molecule has 0 N–H and O–H groups in total. The van der Waals surface area contributed by atoms with Gasteiger partial charge in [-0.25, -0.2) is 0 Å². The zero-order valence-electron chi connectivity index (χ0n) is 10.6. The third kappa shape index (κ3) is 3.45. The zero-order valence-corrected chi connectivity index (χ0v) is 12.2. The summed E-state index contributed by atoms with van der Waals surface area (Å²) in [6, 6.07) is 9.59. The zero-order chi connectivity index (χ0) is 13.7. The quantitative estimate of drug-likeness (QED) is 0.620. The van der Waals surface area contributed by atoms with E-state index in [0.29, 0.717) is 0 Å². The van der Waals surface area contributed by atoms with Crippen molar-refractivity contribution in [1.29, 1.82) is 5.26 Å². The van der Waals surface area contributed by atoms with Gasteiger partial charge in [0.15, 0.2) is 0 Å². The van der Waals surface area contributed by atoms with Gasteiger partial charge in [0.25, 0.3) is 5.91 Å². The Kier molecular flexibility index (Phi) is 4.75. The second-order valence-electron chi connectivity index (χ2n) is 4.54. The van der Waals surface area contributed by atoms with Crippen LogP contribution < -0.4 is 0 Å². The van der Waals surface area contributed by atoms with Crippen LogP contribution in [0.5, 0.6) is 0 Å². The first-order valence-corrected chi connectivity index (χ1v) is 7.17. The number of benzene rings is 1. The summed E-state index contributed by atoms with van der Waals surface area (Å²) in [5.74, 6) is -0.155. The SMILES string of the molecule is N#C/C(=C\c1ccccc1Br)C(=O)N1CCCCC1. The van der Waals surface area contributed by atoms with Crippen LogP contribution >= 0.6 is 15.9 Å². The van der Waals surface area contributed by atoms with E-state index in [9.17, 15) is 10.1 Å². The number of nitrogens with zero attached hydrogens (tertiary/aromatic N) is 2. The molecule has 1 aromatic rings. The van der Waals surface area contributed by atoms with Crippen molar-refractivity contribution in [2.24, 2.45) is 0 Å². The normalized spacial score (nSPS) is 16.0. The van der Waals surface area contributed by atoms with E-state index in [0.717, 1.165) is 36.0 Å². The van der Waals surface area contributed by atoms with Gasteiger partial charge in [0.1, 0.15) is 11.6 Å². The fourth-order valence-electron chi connectivity index (χ4n) is 2.16. The highest BCUT2D eigenvalue weighted by Crippen LogP contribution is 2.20. The van der Waals surface area contributed by atoms with Crippen molar-refractivity contribution in [1.82, 2.24) is 4.90 Å². The van der Waals surface area contributed by atoms with E-state index in [2.05, 4.69) is 15.9 Å². The summed E-state index contributed by atoms with van der Waals surface area (Å²) in [6.45, 7) is 1.52. The van der Waals surface area contributed by atoms with Gasteiger partial charge in [-0.05, 0) is 37.0 Å². The number of likely N-dealkylation sites (tertiary alicyclic amines) is 1. The molecule has 0 bridgehead atoms. The van der Waals surface area contributed by atoms with Crippen molar-refractivity contribution < 1.29 is 4.79 Å². The lowest BCUT2D eigenvalue weighted by Gasteiger charge is -2.26. The molecule has 1 fully saturated rings. The fourth-order valence-corrected chi connectivity index (χ4v) is 2.56. The molecule has 0 aromatic heterocycles. The molecule has 0 atom stereocenters. The molecule has 19 heavy (non-hydrogen) atoms. The lowest BCUT2D eigenvalue weighted by atomic mass is 10.1. The summed E-state index contributed by atoms with van der Waals surface area (Å²) in [5, 5.41) is 9.20. The van der Waals surface area contributed by atoms with Crippen molar-refractivity contribution in [3.05, 3.63) is 39.9 Å². The molecule has 1 saturated heterocycles. The van der Waals surface area contributed by atoms with E-state index < -0.39 is 0 Å². The van der Waals surface area contributed by atoms with Crippen LogP contribution in [0, 0.1) is 11.3 Å². The van der Waals surface area contributed by atoms with E-state index in [1.165, 1.54) is 6.42 Å². The molecule has 4 heteroatoms. The molecule has 1 aliphatic heterocycles. The second-order valence-corrected chi connectivity index (χ2v) is 5.40. The van der Waals surface area contributed by atoms with Crippen molar-refractivity contribution in [3.8, 4) is 6.07 Å². The number of hydrogen-bond donors (Lipinski definition) is 0. The number of rotatable bonds is 2. The van der Waals surface area contributed by atoms with Gasteiger partial charge in [-0.3, -0.25) is 4.79 Å². The van der Waals surface area contributed by atoms with Crippen LogP contribution in [0.1, 0.15) is 24.8 Å². The number of carbonyl (C=O) groups excluding carboxylic acids is 1. The number of nitriles is 1. The van der Waals surface area contributed by atoms with Gasteiger partial charge in [0.2, 0.25) is 0 Å². The average molecular weight is 319 g/mol. The highest BCUT2D eigenvalue weighted by Gasteiger charge is 2.20. The van der Waals surface area contributed by atoms with Crippen molar-refractivity contribution in [3.63, 3.8) is 0 Å². The van der Waals surface area contributed by atoms with Crippen LogP contribution in [0.3, 0.4) is 0 Å². The van der Waals surface area contributed by atoms with E-state index >= 15 is 0 Å². The third-order valence-corrected chi connectivity index (χ3v) is 3.92. The average Bonchev–Trinajstić information content (AvgIpc) is 2.47. The Labute approximate surface area is 121 Å². The second kappa shape index (κ2) is 6.53. The smallest absolute Gasteiger partial charge is 0.264 e. The molecule has 1 aliphatic rings. The van der Waals surface area contributed by atoms with Gasteiger partial charge in [0, 0.05) is 17.6 Å². The van der Waals surface area contributed by atoms with Gasteiger partial charge in [-0.15, -0.1) is 0 Å². The van der Waals surface area contributed by atoms with Gasteiger partial charge in [0.05, 0.1) is 0 Å². The minimum Gasteiger partial charge on any atom is -0.338 e. The molecule has 1 heterocycles. The van der Waals surface area contributed by atoms with Gasteiger partial charge >= 0.3 is 0 Å². The first-order valence-electron chi connectivity index (χ1n) is 6.38. The minimum absolute atomic E-state index is 0.155. The minimum atomic E-state index is -0.155. The van der Waals surface area contributed by atoms with Gasteiger partial charge in [-0.1, -0.05) is 34.1 Å². The third-order valence-electron chi connectivity index (χ3n) is 3.20. The Morgan fingerprint density at radius 2 is 1.95 bits per heavy atom. The first-order chi connectivity index (χ1) is 9.22. The lowest BCUT2D eigenvalue weighted by molar-refractivity contribution is -0.127. The molecule has 98 valence electrons. The van der Waals surface area contributed by atoms with E-state index in [4.69, 9.17) is 0 Å². The number of amides is 1. The predicted molar refractivity (Wildman–Crippen MR) is 78.2 cm³/mol. The highest BCUT2D eigenvalue weighted by molar-refractivity contribution is 9.10. The molecule has 0 saturated carbocycles. The Morgan fingerprint density at radius 3 is 2.58 bits per heavy atom. The van der Waals surface area contributed by atoms with Gasteiger partial charge < -0.3 is 4.90 Å². The standard InChI is InChI=1S/C15H15BrN2O/c16-14-7-3-2-6-12(14)10-13(11-17)15(19)18-8-4-1-5-9-18/h2-3,6-7,10H,1,4-5,8-9H2/b13-10+. The largest absolute Gasteiger partial charge is 0.338 e. The van der Waals surface area contributed by atoms with Crippen LogP contribution in [0.4, 0.5) is 0 Å². The van der Waals surface area contributed by atoms with Crippen molar-refractivity contribution in [2.45, 2.75) is 19.3 Å². The summed E-state index contributed by atoms with van der Waals surface area (Å²) in [7, 11) is 0. The maximum Gasteiger partial charge on any atom is 0.264 e.